The van der Waals surface area contributed by atoms with Gasteiger partial charge in [0.15, 0.2) is 0 Å². The Bertz CT molecular complexity index is 352. The van der Waals surface area contributed by atoms with Gasteiger partial charge in [0.2, 0.25) is 0 Å². The molecule has 1 aliphatic rings. The van der Waals surface area contributed by atoms with E-state index in [-0.39, 0.29) is 6.03 Å². The second kappa shape index (κ2) is 6.49. The van der Waals surface area contributed by atoms with E-state index in [1.54, 1.807) is 6.20 Å². The topological polar surface area (TPSA) is 45.2 Å². The Balaban J connectivity index is 1.69. The fourth-order valence-corrected chi connectivity index (χ4v) is 2.62. The molecule has 0 atom stereocenters. The number of hydrogen-bond donors (Lipinski definition) is 1. The van der Waals surface area contributed by atoms with Crippen molar-refractivity contribution < 1.29 is 4.79 Å². The van der Waals surface area contributed by atoms with Crippen LogP contribution in [-0.2, 0) is 6.42 Å². The highest BCUT2D eigenvalue weighted by atomic mass is 32.2. The zero-order valence-corrected chi connectivity index (χ0v) is 10.6. The molecule has 0 radical (unpaired) electrons. The second-order valence-electron chi connectivity index (χ2n) is 3.90. The molecule has 17 heavy (non-hydrogen) atoms. The van der Waals surface area contributed by atoms with E-state index < -0.39 is 0 Å². The van der Waals surface area contributed by atoms with Gasteiger partial charge in [-0.1, -0.05) is 6.07 Å². The number of amides is 2. The minimum Gasteiger partial charge on any atom is -0.338 e. The number of nitrogens with zero attached hydrogens (tertiary/aromatic N) is 2. The van der Waals surface area contributed by atoms with Gasteiger partial charge in [-0.2, -0.15) is 11.8 Å². The minimum atomic E-state index is 0.0567. The monoisotopic (exact) mass is 251 g/mol. The van der Waals surface area contributed by atoms with Gasteiger partial charge in [-0.15, -0.1) is 0 Å². The molecular weight excluding hydrogens is 234 g/mol. The molecule has 0 spiro atoms. The van der Waals surface area contributed by atoms with E-state index in [0.717, 1.165) is 36.7 Å². The third-order valence-corrected chi connectivity index (χ3v) is 3.62. The third-order valence-electron chi connectivity index (χ3n) is 2.68. The zero-order chi connectivity index (χ0) is 11.9. The summed E-state index contributed by atoms with van der Waals surface area (Å²) >= 11 is 1.91. The highest BCUT2D eigenvalue weighted by Gasteiger charge is 2.15. The first-order chi connectivity index (χ1) is 8.36. The molecule has 2 heterocycles. The van der Waals surface area contributed by atoms with Crippen LogP contribution in [0.3, 0.4) is 0 Å². The molecule has 4 nitrogen and oxygen atoms in total. The van der Waals surface area contributed by atoms with E-state index in [4.69, 9.17) is 0 Å². The molecule has 0 unspecified atom stereocenters. The smallest absolute Gasteiger partial charge is 0.317 e. The predicted molar refractivity (Wildman–Crippen MR) is 70.2 cm³/mol. The maximum Gasteiger partial charge on any atom is 0.317 e. The average molecular weight is 251 g/mol. The summed E-state index contributed by atoms with van der Waals surface area (Å²) in [7, 11) is 0. The normalized spacial score (nSPS) is 15.6. The average Bonchev–Trinajstić information content (AvgIpc) is 2.41. The van der Waals surface area contributed by atoms with Crippen molar-refractivity contribution in [3.63, 3.8) is 0 Å². The Morgan fingerprint density at radius 1 is 1.41 bits per heavy atom. The van der Waals surface area contributed by atoms with Crippen molar-refractivity contribution in [1.82, 2.24) is 15.2 Å². The first-order valence-corrected chi connectivity index (χ1v) is 7.02. The van der Waals surface area contributed by atoms with Crippen LogP contribution in [0.5, 0.6) is 0 Å². The van der Waals surface area contributed by atoms with Gasteiger partial charge in [0, 0.05) is 49.5 Å². The number of nitrogens with one attached hydrogen (secondary N) is 1. The summed E-state index contributed by atoms with van der Waals surface area (Å²) in [6, 6.07) is 5.89. The Morgan fingerprint density at radius 2 is 2.24 bits per heavy atom. The summed E-state index contributed by atoms with van der Waals surface area (Å²) in [4.78, 5) is 17.9. The lowest BCUT2D eigenvalue weighted by Gasteiger charge is -2.26. The summed E-state index contributed by atoms with van der Waals surface area (Å²) in [5, 5.41) is 2.94. The van der Waals surface area contributed by atoms with Gasteiger partial charge in [-0.25, -0.2) is 4.79 Å². The molecule has 1 aromatic heterocycles. The lowest BCUT2D eigenvalue weighted by Crippen LogP contribution is -2.44. The molecule has 5 heteroatoms. The first kappa shape index (κ1) is 12.2. The van der Waals surface area contributed by atoms with Crippen LogP contribution in [0.25, 0.3) is 0 Å². The molecule has 1 N–H and O–H groups in total. The van der Waals surface area contributed by atoms with E-state index in [9.17, 15) is 4.79 Å². The summed E-state index contributed by atoms with van der Waals surface area (Å²) < 4.78 is 0. The number of urea groups is 1. The largest absolute Gasteiger partial charge is 0.338 e. The molecule has 0 aromatic carbocycles. The van der Waals surface area contributed by atoms with E-state index >= 15 is 0 Å². The lowest BCUT2D eigenvalue weighted by atomic mass is 10.3. The van der Waals surface area contributed by atoms with Gasteiger partial charge in [0.05, 0.1) is 0 Å². The fourth-order valence-electron chi connectivity index (χ4n) is 1.72. The Morgan fingerprint density at radius 3 is 2.94 bits per heavy atom. The van der Waals surface area contributed by atoms with Crippen molar-refractivity contribution in [1.29, 1.82) is 0 Å². The number of thioether (sulfide) groups is 1. The number of hydrogen-bond acceptors (Lipinski definition) is 3. The Hall–Kier alpha value is -1.23. The van der Waals surface area contributed by atoms with Crippen LogP contribution >= 0.6 is 11.8 Å². The van der Waals surface area contributed by atoms with Crippen molar-refractivity contribution in [3.8, 4) is 0 Å². The van der Waals surface area contributed by atoms with E-state index in [0.29, 0.717) is 6.54 Å². The van der Waals surface area contributed by atoms with Gasteiger partial charge in [0.1, 0.15) is 0 Å². The van der Waals surface area contributed by atoms with Crippen LogP contribution in [0.15, 0.2) is 24.4 Å². The summed E-state index contributed by atoms with van der Waals surface area (Å²) in [5.74, 6) is 2.10. The summed E-state index contributed by atoms with van der Waals surface area (Å²) in [6.07, 6.45) is 2.56. The lowest BCUT2D eigenvalue weighted by molar-refractivity contribution is 0.203. The van der Waals surface area contributed by atoms with Gasteiger partial charge >= 0.3 is 6.03 Å². The van der Waals surface area contributed by atoms with Crippen LogP contribution in [0.4, 0.5) is 4.79 Å². The van der Waals surface area contributed by atoms with Crippen molar-refractivity contribution >= 4 is 17.8 Å². The van der Waals surface area contributed by atoms with Gasteiger partial charge in [-0.3, -0.25) is 4.98 Å². The minimum absolute atomic E-state index is 0.0567. The van der Waals surface area contributed by atoms with Crippen molar-refractivity contribution in [3.05, 3.63) is 30.1 Å². The van der Waals surface area contributed by atoms with Crippen LogP contribution in [0.1, 0.15) is 5.69 Å². The molecule has 0 aliphatic carbocycles. The Labute approximate surface area is 106 Å². The highest BCUT2D eigenvalue weighted by molar-refractivity contribution is 7.99. The molecule has 1 saturated heterocycles. The number of aromatic nitrogens is 1. The molecule has 0 saturated carbocycles. The number of carbonyl (C=O) groups is 1. The summed E-state index contributed by atoms with van der Waals surface area (Å²) in [5.41, 5.74) is 1.02. The highest BCUT2D eigenvalue weighted by Crippen LogP contribution is 2.08. The van der Waals surface area contributed by atoms with Crippen molar-refractivity contribution in [2.24, 2.45) is 0 Å². The predicted octanol–water partition coefficient (Wildman–Crippen LogP) is 1.38. The van der Waals surface area contributed by atoms with Crippen LogP contribution < -0.4 is 5.32 Å². The zero-order valence-electron chi connectivity index (χ0n) is 9.76. The SMILES string of the molecule is O=C(NCCc1ccccn1)N1CCSCC1. The maximum absolute atomic E-state index is 11.8. The molecular formula is C12H17N3OS. The van der Waals surface area contributed by atoms with E-state index in [2.05, 4.69) is 10.3 Å². The number of carbonyl (C=O) groups excluding carboxylic acids is 1. The first-order valence-electron chi connectivity index (χ1n) is 5.87. The molecule has 1 aromatic rings. The second-order valence-corrected chi connectivity index (χ2v) is 5.13. The van der Waals surface area contributed by atoms with E-state index in [1.807, 2.05) is 34.9 Å². The van der Waals surface area contributed by atoms with Gasteiger partial charge in [-0.05, 0) is 12.1 Å². The molecule has 92 valence electrons. The van der Waals surface area contributed by atoms with Crippen LogP contribution in [0, 0.1) is 0 Å². The Kier molecular flexibility index (Phi) is 4.67. The molecule has 0 bridgehead atoms. The molecule has 1 aliphatic heterocycles. The standard InChI is InChI=1S/C12H17N3OS/c16-12(15-7-9-17-10-8-15)14-6-4-11-3-1-2-5-13-11/h1-3,5H,4,6-10H2,(H,14,16). The van der Waals surface area contributed by atoms with Crippen LogP contribution in [0.2, 0.25) is 0 Å². The fraction of sp³-hybridized carbons (Fsp3) is 0.500. The van der Waals surface area contributed by atoms with E-state index in [1.165, 1.54) is 0 Å². The van der Waals surface area contributed by atoms with Crippen LogP contribution in [-0.4, -0.2) is 47.1 Å². The molecule has 2 amide bonds. The van der Waals surface area contributed by atoms with Crippen molar-refractivity contribution in [2.45, 2.75) is 6.42 Å². The third kappa shape index (κ3) is 3.93. The van der Waals surface area contributed by atoms with Gasteiger partial charge in [0.25, 0.3) is 0 Å². The molecule has 2 rings (SSSR count). The summed E-state index contributed by atoms with van der Waals surface area (Å²) in [6.45, 7) is 2.37. The van der Waals surface area contributed by atoms with Gasteiger partial charge < -0.3 is 10.2 Å². The number of rotatable bonds is 3. The maximum atomic E-state index is 11.8. The number of pyridine rings is 1. The molecule has 1 fully saturated rings. The quantitative estimate of drug-likeness (QED) is 0.883. The van der Waals surface area contributed by atoms with Crippen molar-refractivity contribution in [2.75, 3.05) is 31.1 Å².